The largest absolute Gasteiger partial charge is 0.481 e. The number of aromatic nitrogens is 1. The Labute approximate surface area is 302 Å². The topological polar surface area (TPSA) is 151 Å². The number of aliphatic hydroxyl groups excluding tert-OH is 1. The van der Waals surface area contributed by atoms with Gasteiger partial charge in [0.05, 0.1) is 30.3 Å². The first-order chi connectivity index (χ1) is 24.0. The molecule has 12 heteroatoms. The van der Waals surface area contributed by atoms with Gasteiger partial charge >= 0.3 is 12.1 Å². The van der Waals surface area contributed by atoms with Crippen LogP contribution in [0.3, 0.4) is 0 Å². The molecule has 0 atom stereocenters. The van der Waals surface area contributed by atoms with Crippen LogP contribution in [0.1, 0.15) is 98.5 Å². The minimum atomic E-state index is -0.912. The second-order valence-corrected chi connectivity index (χ2v) is 13.7. The molecule has 0 saturated carbocycles. The lowest BCUT2D eigenvalue weighted by molar-refractivity contribution is -0.191. The summed E-state index contributed by atoms with van der Waals surface area (Å²) in [4.78, 5) is 36.2. The first kappa shape index (κ1) is 47.7. The van der Waals surface area contributed by atoms with Gasteiger partial charge in [0, 0.05) is 45.3 Å². The molecule has 1 aromatic rings. The van der Waals surface area contributed by atoms with E-state index in [9.17, 15) is 9.90 Å². The van der Waals surface area contributed by atoms with Crippen LogP contribution in [0.25, 0.3) is 0 Å². The van der Waals surface area contributed by atoms with Crippen LogP contribution >= 0.6 is 0 Å². The van der Waals surface area contributed by atoms with Crippen molar-refractivity contribution in [1.29, 1.82) is 0 Å². The van der Waals surface area contributed by atoms with E-state index < -0.39 is 11.4 Å². The van der Waals surface area contributed by atoms with E-state index in [0.29, 0.717) is 25.0 Å². The predicted octanol–water partition coefficient (Wildman–Crippen LogP) is 4.69. The standard InChI is InChI=1S/C13H22N2O.C13H25NO4.C11H23NO.CO2/c1-12(2)16-11-3-7-14-8-4-13-5-9-15-10-6-13;1-11(2)18-9-3-6-14-7-4-13(10-15,5-8-14)12(16)17;1-11(2)13-10-6-9-12-7-4-3-5-8-12;2-1-3/h5-6,9-10,12,14H,3-4,7-8,11H2,1-2H3;11,15H,3-10H2,1-2H3,(H,16,17);11H,3-10H2,1-2H3;. The molecule has 1 aromatic heterocycles. The van der Waals surface area contributed by atoms with Gasteiger partial charge in [-0.3, -0.25) is 9.78 Å². The van der Waals surface area contributed by atoms with Crippen molar-refractivity contribution in [1.82, 2.24) is 20.1 Å². The summed E-state index contributed by atoms with van der Waals surface area (Å²) in [5.74, 6) is -0.868. The summed E-state index contributed by atoms with van der Waals surface area (Å²) < 4.78 is 16.4. The van der Waals surface area contributed by atoms with E-state index in [1.54, 1.807) is 0 Å². The fourth-order valence-corrected chi connectivity index (χ4v) is 5.47. The highest BCUT2D eigenvalue weighted by atomic mass is 16.5. The van der Waals surface area contributed by atoms with E-state index in [0.717, 1.165) is 71.8 Å². The second kappa shape index (κ2) is 31.5. The molecule has 3 rings (SSSR count). The lowest BCUT2D eigenvalue weighted by Gasteiger charge is -2.37. The quantitative estimate of drug-likeness (QED) is 0.161. The van der Waals surface area contributed by atoms with Crippen LogP contribution in [-0.2, 0) is 35.0 Å². The average molecular weight is 711 g/mol. The van der Waals surface area contributed by atoms with Gasteiger partial charge in [-0.15, -0.1) is 0 Å². The molecule has 0 unspecified atom stereocenters. The van der Waals surface area contributed by atoms with E-state index in [1.807, 2.05) is 26.2 Å². The van der Waals surface area contributed by atoms with Gasteiger partial charge in [-0.2, -0.15) is 9.59 Å². The predicted molar refractivity (Wildman–Crippen MR) is 196 cm³/mol. The SMILES string of the molecule is CC(C)OCCCN1CCC(CO)(C(=O)O)CC1.CC(C)OCCCN1CCCCC1.CC(C)OCCCNCCc1ccncc1.O=C=O. The molecular weight excluding hydrogens is 640 g/mol. The lowest BCUT2D eigenvalue weighted by Crippen LogP contribution is -2.46. The van der Waals surface area contributed by atoms with Crippen LogP contribution in [0.4, 0.5) is 0 Å². The van der Waals surface area contributed by atoms with Crippen LogP contribution in [0.2, 0.25) is 0 Å². The van der Waals surface area contributed by atoms with Crippen LogP contribution < -0.4 is 5.32 Å². The number of carboxylic acid groups (broad SMARTS) is 1. The third-order valence-corrected chi connectivity index (χ3v) is 8.45. The Morgan fingerprint density at radius 2 is 1.26 bits per heavy atom. The number of aliphatic carboxylic acids is 1. The fourth-order valence-electron chi connectivity index (χ4n) is 5.47. The molecule has 0 bridgehead atoms. The van der Waals surface area contributed by atoms with Gasteiger partial charge in [0.1, 0.15) is 0 Å². The number of hydrogen-bond donors (Lipinski definition) is 3. The van der Waals surface area contributed by atoms with Crippen molar-refractivity contribution < 1.29 is 38.8 Å². The van der Waals surface area contributed by atoms with Crippen molar-refractivity contribution in [3.63, 3.8) is 0 Å². The minimum absolute atomic E-state index is 0.250. The molecule has 0 spiro atoms. The van der Waals surface area contributed by atoms with Crippen LogP contribution in [0.15, 0.2) is 24.5 Å². The van der Waals surface area contributed by atoms with E-state index in [1.165, 1.54) is 50.9 Å². The zero-order valence-corrected chi connectivity index (χ0v) is 32.1. The summed E-state index contributed by atoms with van der Waals surface area (Å²) in [6, 6.07) is 4.12. The molecular formula is C38H70N4O8. The number of likely N-dealkylation sites (tertiary alicyclic amines) is 2. The fraction of sp³-hybridized carbons (Fsp3) is 0.816. The number of carbonyl (C=O) groups is 1. The van der Waals surface area contributed by atoms with E-state index >= 15 is 0 Å². The van der Waals surface area contributed by atoms with Crippen LogP contribution in [-0.4, -0.2) is 134 Å². The molecule has 0 aliphatic carbocycles. The van der Waals surface area contributed by atoms with Crippen molar-refractivity contribution in [3.8, 4) is 0 Å². The highest BCUT2D eigenvalue weighted by Gasteiger charge is 2.40. The van der Waals surface area contributed by atoms with Gasteiger partial charge in [-0.05, 0) is 150 Å². The summed E-state index contributed by atoms with van der Waals surface area (Å²) in [6.45, 7) is 22.9. The minimum Gasteiger partial charge on any atom is -0.481 e. The number of aliphatic hydroxyl groups is 1. The monoisotopic (exact) mass is 711 g/mol. The molecule has 0 radical (unpaired) electrons. The van der Waals surface area contributed by atoms with E-state index in [-0.39, 0.29) is 18.9 Å². The van der Waals surface area contributed by atoms with Crippen LogP contribution in [0.5, 0.6) is 0 Å². The number of carbonyl (C=O) groups excluding carboxylic acids is 2. The molecule has 50 heavy (non-hydrogen) atoms. The molecule has 0 amide bonds. The number of ether oxygens (including phenoxy) is 3. The molecule has 2 fully saturated rings. The van der Waals surface area contributed by atoms with Gasteiger partial charge in [-0.25, -0.2) is 0 Å². The number of nitrogens with zero attached hydrogens (tertiary/aromatic N) is 3. The Bertz CT molecular complexity index is 947. The summed E-state index contributed by atoms with van der Waals surface area (Å²) in [5.41, 5.74) is 0.422. The highest BCUT2D eigenvalue weighted by Crippen LogP contribution is 2.31. The zero-order valence-electron chi connectivity index (χ0n) is 32.1. The first-order valence-corrected chi connectivity index (χ1v) is 18.7. The molecule has 3 N–H and O–H groups in total. The molecule has 2 saturated heterocycles. The molecule has 2 aliphatic heterocycles. The summed E-state index contributed by atoms with van der Waals surface area (Å²) in [6.07, 6.45) is 14.5. The highest BCUT2D eigenvalue weighted by molar-refractivity contribution is 5.75. The Balaban J connectivity index is 0.000000699. The number of hydrogen-bond acceptors (Lipinski definition) is 11. The molecule has 12 nitrogen and oxygen atoms in total. The maximum absolute atomic E-state index is 11.2. The van der Waals surface area contributed by atoms with Crippen LogP contribution in [0, 0.1) is 5.41 Å². The van der Waals surface area contributed by atoms with Crippen molar-refractivity contribution in [2.45, 2.75) is 118 Å². The molecule has 290 valence electrons. The van der Waals surface area contributed by atoms with E-state index in [2.05, 4.69) is 59.9 Å². The number of pyridine rings is 1. The Morgan fingerprint density at radius 3 is 1.70 bits per heavy atom. The summed E-state index contributed by atoms with van der Waals surface area (Å²) >= 11 is 0. The van der Waals surface area contributed by atoms with Gasteiger partial charge in [0.15, 0.2) is 0 Å². The second-order valence-electron chi connectivity index (χ2n) is 13.7. The first-order valence-electron chi connectivity index (χ1n) is 18.7. The maximum atomic E-state index is 11.2. The molecule has 2 aliphatic rings. The zero-order chi connectivity index (χ0) is 37.5. The Hall–Kier alpha value is -2.28. The third-order valence-electron chi connectivity index (χ3n) is 8.45. The third kappa shape index (κ3) is 26.5. The van der Waals surface area contributed by atoms with Crippen molar-refractivity contribution in [2.24, 2.45) is 5.41 Å². The number of carboxylic acids is 1. The van der Waals surface area contributed by atoms with Gasteiger partial charge in [0.2, 0.25) is 0 Å². The van der Waals surface area contributed by atoms with Crippen molar-refractivity contribution in [2.75, 3.05) is 78.8 Å². The smallest absolute Gasteiger partial charge is 0.373 e. The summed E-state index contributed by atoms with van der Waals surface area (Å²) in [5, 5.41) is 21.8. The van der Waals surface area contributed by atoms with Gasteiger partial charge in [0.25, 0.3) is 0 Å². The molecule has 0 aromatic carbocycles. The average Bonchev–Trinajstić information content (AvgIpc) is 3.10. The van der Waals surface area contributed by atoms with Gasteiger partial charge in [-0.1, -0.05) is 6.42 Å². The number of piperidine rings is 2. The van der Waals surface area contributed by atoms with Gasteiger partial charge < -0.3 is 39.5 Å². The lowest BCUT2D eigenvalue weighted by atomic mass is 9.79. The normalized spacial score (nSPS) is 16.0. The van der Waals surface area contributed by atoms with Crippen molar-refractivity contribution >= 4 is 12.1 Å². The van der Waals surface area contributed by atoms with Crippen molar-refractivity contribution in [3.05, 3.63) is 30.1 Å². The number of nitrogens with one attached hydrogen (secondary N) is 1. The summed E-state index contributed by atoms with van der Waals surface area (Å²) in [7, 11) is 0. The maximum Gasteiger partial charge on any atom is 0.373 e. The van der Waals surface area contributed by atoms with E-state index in [4.69, 9.17) is 28.9 Å². The molecule has 3 heterocycles. The Morgan fingerprint density at radius 1 is 0.800 bits per heavy atom. The number of rotatable bonds is 20. The Kier molecular flexibility index (Phi) is 30.0.